The average molecular weight is 639 g/mol. The first kappa shape index (κ1) is 29.1. The van der Waals surface area contributed by atoms with E-state index in [0.29, 0.717) is 41.8 Å². The Bertz CT molecular complexity index is 1430. The number of anilines is 1. The zero-order valence-corrected chi connectivity index (χ0v) is 25.8. The molecule has 2 atom stereocenters. The van der Waals surface area contributed by atoms with Crippen LogP contribution < -0.4 is 4.90 Å². The van der Waals surface area contributed by atoms with Crippen LogP contribution in [0.3, 0.4) is 0 Å². The van der Waals surface area contributed by atoms with Crippen molar-refractivity contribution in [1.82, 2.24) is 9.97 Å². The second kappa shape index (κ2) is 12.6. The van der Waals surface area contributed by atoms with Gasteiger partial charge in [0.25, 0.3) is 0 Å². The Morgan fingerprint density at radius 1 is 1.00 bits per heavy atom. The van der Waals surface area contributed by atoms with Crippen LogP contribution in [0.25, 0.3) is 0 Å². The van der Waals surface area contributed by atoms with Gasteiger partial charge in [-0.3, -0.25) is 0 Å². The van der Waals surface area contributed by atoms with Crippen LogP contribution in [0.1, 0.15) is 59.2 Å². The molecule has 1 aliphatic carbocycles. The number of fused-ring (bicyclic) bond motifs is 1. The highest BCUT2D eigenvalue weighted by atomic mass is 79.9. The van der Waals surface area contributed by atoms with Crippen molar-refractivity contribution in [2.45, 2.75) is 62.6 Å². The number of benzene rings is 3. The van der Waals surface area contributed by atoms with E-state index in [1.54, 1.807) is 0 Å². The fourth-order valence-corrected chi connectivity index (χ4v) is 7.27. The number of hydrogen-bond donors (Lipinski definition) is 2. The topological polar surface area (TPSA) is 69.5 Å². The number of nitrogens with zero attached hydrogens (tertiary/aromatic N) is 3. The lowest BCUT2D eigenvalue weighted by molar-refractivity contribution is 0.0137. The summed E-state index contributed by atoms with van der Waals surface area (Å²) in [5.74, 6) is 0.297. The summed E-state index contributed by atoms with van der Waals surface area (Å²) in [6.07, 6.45) is 3.53. The molecule has 0 spiro atoms. The fraction of sp³-hybridized carbons (Fsp3) is 0.312. The van der Waals surface area contributed by atoms with Crippen molar-refractivity contribution < 1.29 is 10.2 Å². The summed E-state index contributed by atoms with van der Waals surface area (Å²) >= 11 is 11.8. The van der Waals surface area contributed by atoms with Gasteiger partial charge < -0.3 is 15.1 Å². The normalized spacial score (nSPS) is 18.4. The fourth-order valence-electron chi connectivity index (χ4n) is 5.60. The van der Waals surface area contributed by atoms with Crippen molar-refractivity contribution >= 4 is 45.0 Å². The molecule has 0 amide bonds. The highest BCUT2D eigenvalue weighted by Crippen LogP contribution is 2.49. The minimum atomic E-state index is -1.20. The second-order valence-electron chi connectivity index (χ2n) is 10.4. The molecule has 0 saturated carbocycles. The van der Waals surface area contributed by atoms with E-state index in [-0.39, 0.29) is 18.2 Å². The Labute approximate surface area is 253 Å². The Balaban J connectivity index is 1.61. The lowest BCUT2D eigenvalue weighted by atomic mass is 9.72. The lowest BCUT2D eigenvalue weighted by Crippen LogP contribution is -2.36. The van der Waals surface area contributed by atoms with Crippen LogP contribution in [0.2, 0.25) is 5.15 Å². The van der Waals surface area contributed by atoms with Crippen LogP contribution in [0.4, 0.5) is 5.69 Å². The van der Waals surface area contributed by atoms with Gasteiger partial charge in [-0.1, -0.05) is 97.0 Å². The average Bonchev–Trinajstić information content (AvgIpc) is 2.96. The Morgan fingerprint density at radius 2 is 1.62 bits per heavy atom. The quantitative estimate of drug-likeness (QED) is 0.112. The van der Waals surface area contributed by atoms with Crippen molar-refractivity contribution in [2.24, 2.45) is 0 Å². The number of halogens is 2. The molecular formula is C32H33BrClN3O2S. The van der Waals surface area contributed by atoms with Crippen LogP contribution in [0.5, 0.6) is 0 Å². The number of thioether (sulfide) groups is 1. The predicted octanol–water partition coefficient (Wildman–Crippen LogP) is 7.64. The largest absolute Gasteiger partial charge is 0.391 e. The van der Waals surface area contributed by atoms with Gasteiger partial charge in [0.15, 0.2) is 5.16 Å². The Morgan fingerprint density at radius 3 is 2.20 bits per heavy atom. The van der Waals surface area contributed by atoms with E-state index >= 15 is 0 Å². The van der Waals surface area contributed by atoms with Crippen LogP contribution in [0.15, 0.2) is 82.4 Å². The second-order valence-corrected chi connectivity index (χ2v) is 12.3. The number of aliphatic hydroxyl groups excluding tert-OH is 1. The van der Waals surface area contributed by atoms with E-state index in [0.717, 1.165) is 27.7 Å². The molecule has 0 saturated heterocycles. The summed E-state index contributed by atoms with van der Waals surface area (Å²) in [6, 6.07) is 25.2. The molecule has 0 fully saturated rings. The van der Waals surface area contributed by atoms with Gasteiger partial charge >= 0.3 is 0 Å². The lowest BCUT2D eigenvalue weighted by Gasteiger charge is -2.40. The SMILES string of the molecule is CSc1nc(Cl)c(CO)c(CC2(O)CCC(C)c3ccc(N(Cc4ccccc4)Cc4ccccc4)c(Br)c32)n1. The van der Waals surface area contributed by atoms with Crippen LogP contribution in [-0.2, 0) is 31.7 Å². The predicted molar refractivity (Wildman–Crippen MR) is 167 cm³/mol. The van der Waals surface area contributed by atoms with Crippen molar-refractivity contribution in [3.8, 4) is 0 Å². The van der Waals surface area contributed by atoms with Gasteiger partial charge in [0.05, 0.1) is 23.6 Å². The minimum absolute atomic E-state index is 0.231. The molecule has 1 aromatic heterocycles. The molecule has 5 nitrogen and oxygen atoms in total. The van der Waals surface area contributed by atoms with Crippen molar-refractivity contribution in [1.29, 1.82) is 0 Å². The third-order valence-electron chi connectivity index (χ3n) is 7.74. The molecule has 2 unspecified atom stereocenters. The Kier molecular flexibility index (Phi) is 9.18. The number of hydrogen-bond acceptors (Lipinski definition) is 6. The molecule has 2 N–H and O–H groups in total. The standard InChI is InChI=1S/C32H33BrClN3O2S/c1-21-15-16-32(39,17-26-25(20-38)30(34)36-31(35-26)40-2)28-24(21)13-14-27(29(28)33)37(18-22-9-5-3-6-10-22)19-23-11-7-4-8-12-23/h3-14,21,38-39H,15-20H2,1-2H3. The van der Waals surface area contributed by atoms with Gasteiger partial charge in [-0.05, 0) is 63.7 Å². The highest BCUT2D eigenvalue weighted by molar-refractivity contribution is 9.10. The molecule has 0 bridgehead atoms. The van der Waals surface area contributed by atoms with Crippen LogP contribution >= 0.6 is 39.3 Å². The summed E-state index contributed by atoms with van der Waals surface area (Å²) in [5, 5.41) is 23.2. The maximum absolute atomic E-state index is 12.4. The van der Waals surface area contributed by atoms with Gasteiger partial charge in [0.2, 0.25) is 0 Å². The van der Waals surface area contributed by atoms with Crippen LogP contribution in [0, 0.1) is 0 Å². The smallest absolute Gasteiger partial charge is 0.188 e. The molecule has 1 aliphatic rings. The van der Waals surface area contributed by atoms with E-state index in [2.05, 4.69) is 98.4 Å². The molecule has 4 aromatic rings. The third-order valence-corrected chi connectivity index (χ3v) is 9.40. The third kappa shape index (κ3) is 6.09. The number of rotatable bonds is 9. The number of aromatic nitrogens is 2. The minimum Gasteiger partial charge on any atom is -0.391 e. The highest BCUT2D eigenvalue weighted by Gasteiger charge is 2.41. The first-order valence-electron chi connectivity index (χ1n) is 13.4. The first-order chi connectivity index (χ1) is 19.3. The Hall–Kier alpha value is -2.42. The number of aliphatic hydroxyl groups is 2. The van der Waals surface area contributed by atoms with E-state index < -0.39 is 5.60 Å². The van der Waals surface area contributed by atoms with Crippen molar-refractivity contribution in [3.63, 3.8) is 0 Å². The van der Waals surface area contributed by atoms with Gasteiger partial charge in [-0.25, -0.2) is 9.97 Å². The molecule has 8 heteroatoms. The maximum Gasteiger partial charge on any atom is 0.188 e. The van der Waals surface area contributed by atoms with Crippen molar-refractivity contribution in [3.05, 3.63) is 116 Å². The van der Waals surface area contributed by atoms with Gasteiger partial charge in [0, 0.05) is 35.1 Å². The van der Waals surface area contributed by atoms with Gasteiger partial charge in [-0.2, -0.15) is 0 Å². The zero-order valence-electron chi connectivity index (χ0n) is 22.6. The molecule has 0 radical (unpaired) electrons. The van der Waals surface area contributed by atoms with Gasteiger partial charge in [-0.15, -0.1) is 0 Å². The summed E-state index contributed by atoms with van der Waals surface area (Å²) in [7, 11) is 0. The molecule has 3 aromatic carbocycles. The summed E-state index contributed by atoms with van der Waals surface area (Å²) < 4.78 is 0.890. The van der Waals surface area contributed by atoms with E-state index in [9.17, 15) is 10.2 Å². The molecule has 40 heavy (non-hydrogen) atoms. The first-order valence-corrected chi connectivity index (χ1v) is 15.8. The van der Waals surface area contributed by atoms with Crippen LogP contribution in [-0.4, -0.2) is 26.4 Å². The molecule has 5 rings (SSSR count). The monoisotopic (exact) mass is 637 g/mol. The summed E-state index contributed by atoms with van der Waals surface area (Å²) in [4.78, 5) is 11.3. The zero-order chi connectivity index (χ0) is 28.3. The summed E-state index contributed by atoms with van der Waals surface area (Å²) in [5.41, 5.74) is 5.30. The maximum atomic E-state index is 12.4. The van der Waals surface area contributed by atoms with E-state index in [1.807, 2.05) is 18.4 Å². The van der Waals surface area contributed by atoms with Gasteiger partial charge in [0.1, 0.15) is 5.15 Å². The molecular weight excluding hydrogens is 606 g/mol. The molecule has 0 aliphatic heterocycles. The molecule has 1 heterocycles. The molecule has 208 valence electrons. The van der Waals surface area contributed by atoms with Crippen molar-refractivity contribution in [2.75, 3.05) is 11.2 Å². The summed E-state index contributed by atoms with van der Waals surface area (Å²) in [6.45, 7) is 3.36. The van der Waals surface area contributed by atoms with E-state index in [4.69, 9.17) is 11.6 Å². The van der Waals surface area contributed by atoms with E-state index in [1.165, 1.54) is 22.9 Å².